The van der Waals surface area contributed by atoms with Crippen molar-refractivity contribution in [3.8, 4) is 0 Å². The van der Waals surface area contributed by atoms with Gasteiger partial charge in [0.1, 0.15) is 17.4 Å². The first-order valence-corrected chi connectivity index (χ1v) is 9.84. The molecule has 0 fully saturated rings. The summed E-state index contributed by atoms with van der Waals surface area (Å²) in [5, 5.41) is 1.39. The first-order valence-electron chi connectivity index (χ1n) is 9.03. The highest BCUT2D eigenvalue weighted by Crippen LogP contribution is 2.28. The van der Waals surface area contributed by atoms with Crippen LogP contribution in [0.5, 0.6) is 0 Å². The van der Waals surface area contributed by atoms with Crippen LogP contribution in [0.1, 0.15) is 23.8 Å². The zero-order chi connectivity index (χ0) is 19.8. The number of benzene rings is 2. The second-order valence-electron chi connectivity index (χ2n) is 6.77. The molecule has 7 heteroatoms. The maximum Gasteiger partial charge on any atom is 0.261 e. The predicted molar refractivity (Wildman–Crippen MR) is 112 cm³/mol. The molecule has 1 amide bonds. The number of carbonyl (C=O) groups excluding carboxylic acids is 1. The van der Waals surface area contributed by atoms with Gasteiger partial charge in [0.05, 0.1) is 27.2 Å². The third-order valence-corrected chi connectivity index (χ3v) is 6.19. The first kappa shape index (κ1) is 18.3. The van der Waals surface area contributed by atoms with E-state index >= 15 is 0 Å². The van der Waals surface area contributed by atoms with Crippen LogP contribution in [0.4, 0.5) is 0 Å². The van der Waals surface area contributed by atoms with Crippen molar-refractivity contribution < 1.29 is 4.79 Å². The van der Waals surface area contributed by atoms with Crippen molar-refractivity contribution >= 4 is 38.4 Å². The molecule has 0 saturated heterocycles. The summed E-state index contributed by atoms with van der Waals surface area (Å²) in [6.07, 6.45) is 0. The molecule has 0 unspecified atom stereocenters. The molecular weight excluding hydrogens is 372 g/mol. The van der Waals surface area contributed by atoms with Crippen molar-refractivity contribution in [2.75, 3.05) is 7.05 Å². The van der Waals surface area contributed by atoms with Crippen LogP contribution in [0.2, 0.25) is 0 Å². The average Bonchev–Trinajstić information content (AvgIpc) is 3.14. The lowest BCUT2D eigenvalue weighted by atomic mass is 10.2. The molecule has 1 atom stereocenters. The minimum atomic E-state index is -0.197. The van der Waals surface area contributed by atoms with E-state index in [1.807, 2.05) is 37.3 Å². The monoisotopic (exact) mass is 392 g/mol. The Balaban J connectivity index is 1.61. The Kier molecular flexibility index (Phi) is 4.68. The number of hydrogen-bond donors (Lipinski definition) is 0. The van der Waals surface area contributed by atoms with Crippen LogP contribution in [0.15, 0.2) is 53.3 Å². The molecule has 28 heavy (non-hydrogen) atoms. The van der Waals surface area contributed by atoms with Crippen LogP contribution >= 0.6 is 11.3 Å². The standard InChI is InChI=1S/C21H20N4O2S/c1-13(20-23-17-10-6-7-11-18(17)28-20)24(3)19(26)12-25-14(2)22-16-9-5-4-8-15(16)21(25)27/h4-11,13H,12H2,1-3H3/t13-/m1/s1. The van der Waals surface area contributed by atoms with Crippen molar-refractivity contribution in [2.45, 2.75) is 26.4 Å². The number of nitrogens with zero attached hydrogens (tertiary/aromatic N) is 4. The van der Waals surface area contributed by atoms with Gasteiger partial charge >= 0.3 is 0 Å². The van der Waals surface area contributed by atoms with E-state index in [1.54, 1.807) is 48.4 Å². The summed E-state index contributed by atoms with van der Waals surface area (Å²) in [5.74, 6) is 0.368. The van der Waals surface area contributed by atoms with E-state index in [2.05, 4.69) is 9.97 Å². The fourth-order valence-electron chi connectivity index (χ4n) is 3.16. The van der Waals surface area contributed by atoms with Gasteiger partial charge in [0.2, 0.25) is 5.91 Å². The number of amides is 1. The van der Waals surface area contributed by atoms with Crippen LogP contribution < -0.4 is 5.56 Å². The Bertz CT molecular complexity index is 1210. The normalized spacial score (nSPS) is 12.4. The van der Waals surface area contributed by atoms with Crippen molar-refractivity contribution in [1.82, 2.24) is 19.4 Å². The van der Waals surface area contributed by atoms with Gasteiger partial charge in [-0.2, -0.15) is 0 Å². The van der Waals surface area contributed by atoms with Gasteiger partial charge in [-0.25, -0.2) is 9.97 Å². The van der Waals surface area contributed by atoms with Crippen LogP contribution in [0.25, 0.3) is 21.1 Å². The van der Waals surface area contributed by atoms with E-state index in [0.29, 0.717) is 16.7 Å². The van der Waals surface area contributed by atoms with Gasteiger partial charge in [-0.3, -0.25) is 14.2 Å². The molecule has 142 valence electrons. The molecule has 2 heterocycles. The Labute approximate surface area is 166 Å². The van der Waals surface area contributed by atoms with Crippen molar-refractivity contribution in [3.05, 3.63) is 69.7 Å². The number of rotatable bonds is 4. The lowest BCUT2D eigenvalue weighted by molar-refractivity contribution is -0.132. The molecule has 2 aromatic heterocycles. The zero-order valence-electron chi connectivity index (χ0n) is 15.9. The number of likely N-dealkylation sites (N-methyl/N-ethyl adjacent to an activating group) is 1. The maximum absolute atomic E-state index is 12.9. The third-order valence-electron chi connectivity index (χ3n) is 4.99. The fraction of sp³-hybridized carbons (Fsp3) is 0.238. The molecule has 0 aliphatic carbocycles. The highest BCUT2D eigenvalue weighted by atomic mass is 32.1. The average molecular weight is 392 g/mol. The molecular formula is C21H20N4O2S. The van der Waals surface area contributed by atoms with Gasteiger partial charge in [-0.05, 0) is 38.1 Å². The Morgan fingerprint density at radius 3 is 2.54 bits per heavy atom. The van der Waals surface area contributed by atoms with Gasteiger partial charge < -0.3 is 4.90 Å². The molecule has 0 N–H and O–H groups in total. The Morgan fingerprint density at radius 1 is 1.11 bits per heavy atom. The van der Waals surface area contributed by atoms with Crippen LogP contribution in [0.3, 0.4) is 0 Å². The molecule has 0 aliphatic heterocycles. The largest absolute Gasteiger partial charge is 0.335 e. The summed E-state index contributed by atoms with van der Waals surface area (Å²) < 4.78 is 2.53. The van der Waals surface area contributed by atoms with Crippen molar-refractivity contribution in [1.29, 1.82) is 0 Å². The first-order chi connectivity index (χ1) is 13.5. The highest BCUT2D eigenvalue weighted by Gasteiger charge is 2.22. The van der Waals surface area contributed by atoms with Crippen LogP contribution in [-0.4, -0.2) is 32.4 Å². The number of aryl methyl sites for hydroxylation is 1. The van der Waals surface area contributed by atoms with E-state index in [4.69, 9.17) is 0 Å². The second kappa shape index (κ2) is 7.16. The Hall–Kier alpha value is -3.06. The molecule has 4 aromatic rings. The number of aromatic nitrogens is 3. The quantitative estimate of drug-likeness (QED) is 0.533. The lowest BCUT2D eigenvalue weighted by Gasteiger charge is -2.24. The number of thiazole rings is 1. The molecule has 4 rings (SSSR count). The third kappa shape index (κ3) is 3.18. The predicted octanol–water partition coefficient (Wildman–Crippen LogP) is 3.53. The van der Waals surface area contributed by atoms with E-state index in [0.717, 1.165) is 15.2 Å². The summed E-state index contributed by atoms with van der Waals surface area (Å²) >= 11 is 1.58. The van der Waals surface area contributed by atoms with Crippen molar-refractivity contribution in [3.63, 3.8) is 0 Å². The fourth-order valence-corrected chi connectivity index (χ4v) is 4.23. The minimum absolute atomic E-state index is 0.0474. The molecule has 0 radical (unpaired) electrons. The second-order valence-corrected chi connectivity index (χ2v) is 7.83. The van der Waals surface area contributed by atoms with Gasteiger partial charge in [-0.15, -0.1) is 11.3 Å². The zero-order valence-corrected chi connectivity index (χ0v) is 16.7. The summed E-state index contributed by atoms with van der Waals surface area (Å²) in [7, 11) is 1.74. The van der Waals surface area contributed by atoms with Gasteiger partial charge in [-0.1, -0.05) is 24.3 Å². The van der Waals surface area contributed by atoms with E-state index in [9.17, 15) is 9.59 Å². The van der Waals surface area contributed by atoms with Crippen LogP contribution in [0, 0.1) is 6.92 Å². The number of para-hydroxylation sites is 2. The lowest BCUT2D eigenvalue weighted by Crippen LogP contribution is -2.36. The summed E-state index contributed by atoms with van der Waals surface area (Å²) in [5.41, 5.74) is 1.38. The number of carbonyl (C=O) groups is 1. The molecule has 0 bridgehead atoms. The Morgan fingerprint density at radius 2 is 1.79 bits per heavy atom. The molecule has 0 saturated carbocycles. The number of fused-ring (bicyclic) bond motifs is 2. The SMILES string of the molecule is Cc1nc2ccccc2c(=O)n1CC(=O)N(C)[C@H](C)c1nc2ccccc2s1. The topological polar surface area (TPSA) is 68.1 Å². The summed E-state index contributed by atoms with van der Waals surface area (Å²) in [4.78, 5) is 36.4. The maximum atomic E-state index is 12.9. The molecule has 2 aromatic carbocycles. The number of hydrogen-bond acceptors (Lipinski definition) is 5. The van der Waals surface area contributed by atoms with Gasteiger partial charge in [0, 0.05) is 7.05 Å². The van der Waals surface area contributed by atoms with Gasteiger partial charge in [0.15, 0.2) is 0 Å². The smallest absolute Gasteiger partial charge is 0.261 e. The molecule has 6 nitrogen and oxygen atoms in total. The summed E-state index contributed by atoms with van der Waals surface area (Å²) in [6, 6.07) is 14.9. The van der Waals surface area contributed by atoms with Crippen molar-refractivity contribution in [2.24, 2.45) is 0 Å². The molecule has 0 aliphatic rings. The minimum Gasteiger partial charge on any atom is -0.335 e. The van der Waals surface area contributed by atoms with E-state index < -0.39 is 0 Å². The summed E-state index contributed by atoms with van der Waals surface area (Å²) in [6.45, 7) is 3.65. The van der Waals surface area contributed by atoms with E-state index in [1.165, 1.54) is 4.57 Å². The van der Waals surface area contributed by atoms with Gasteiger partial charge in [0.25, 0.3) is 5.56 Å². The highest BCUT2D eigenvalue weighted by molar-refractivity contribution is 7.18. The van der Waals surface area contributed by atoms with E-state index in [-0.39, 0.29) is 24.1 Å². The molecule has 0 spiro atoms. The van der Waals surface area contributed by atoms with Crippen LogP contribution in [-0.2, 0) is 11.3 Å².